The van der Waals surface area contributed by atoms with Crippen LogP contribution < -0.4 is 5.32 Å². The van der Waals surface area contributed by atoms with Gasteiger partial charge in [-0.15, -0.1) is 0 Å². The van der Waals surface area contributed by atoms with Crippen LogP contribution in [0.15, 0.2) is 42.5 Å². The number of carboxylic acids is 1. The second kappa shape index (κ2) is 5.76. The Morgan fingerprint density at radius 2 is 1.89 bits per heavy atom. The highest BCUT2D eigenvalue weighted by Crippen LogP contribution is 2.20. The number of carbonyl (C=O) groups is 1. The van der Waals surface area contributed by atoms with Gasteiger partial charge in [0.1, 0.15) is 0 Å². The highest BCUT2D eigenvalue weighted by atomic mass is 35.5. The fourth-order valence-corrected chi connectivity index (χ4v) is 1.92. The molecule has 0 aromatic heterocycles. The minimum Gasteiger partial charge on any atom is -0.478 e. The van der Waals surface area contributed by atoms with E-state index in [-0.39, 0.29) is 0 Å². The molecule has 0 amide bonds. The van der Waals surface area contributed by atoms with Crippen LogP contribution in [-0.4, -0.2) is 11.1 Å². The lowest BCUT2D eigenvalue weighted by molar-refractivity contribution is 0.0697. The predicted molar refractivity (Wildman–Crippen MR) is 76.9 cm³/mol. The van der Waals surface area contributed by atoms with Crippen LogP contribution in [-0.2, 0) is 6.54 Å². The smallest absolute Gasteiger partial charge is 0.335 e. The number of carboxylic acid groups (broad SMARTS) is 1. The SMILES string of the molecule is Cc1ccc(Cl)cc1NCc1ccc(C(=O)O)cc1. The average molecular weight is 276 g/mol. The minimum absolute atomic E-state index is 0.294. The van der Waals surface area contributed by atoms with Gasteiger partial charge in [0.05, 0.1) is 5.56 Å². The first-order valence-electron chi connectivity index (χ1n) is 5.88. The van der Waals surface area contributed by atoms with Gasteiger partial charge in [0.25, 0.3) is 0 Å². The number of rotatable bonds is 4. The van der Waals surface area contributed by atoms with E-state index in [2.05, 4.69) is 5.32 Å². The van der Waals surface area contributed by atoms with Crippen molar-refractivity contribution in [1.29, 1.82) is 0 Å². The van der Waals surface area contributed by atoms with Crippen molar-refractivity contribution >= 4 is 23.3 Å². The van der Waals surface area contributed by atoms with Gasteiger partial charge in [-0.25, -0.2) is 4.79 Å². The van der Waals surface area contributed by atoms with Crippen molar-refractivity contribution in [3.63, 3.8) is 0 Å². The number of hydrogen-bond donors (Lipinski definition) is 2. The maximum atomic E-state index is 10.7. The third-order valence-electron chi connectivity index (χ3n) is 2.88. The Morgan fingerprint density at radius 1 is 1.21 bits per heavy atom. The molecule has 0 aliphatic heterocycles. The molecule has 0 aliphatic carbocycles. The number of nitrogens with one attached hydrogen (secondary N) is 1. The lowest BCUT2D eigenvalue weighted by Gasteiger charge is -2.10. The Kier molecular flexibility index (Phi) is 4.07. The van der Waals surface area contributed by atoms with Crippen LogP contribution in [0.4, 0.5) is 5.69 Å². The van der Waals surface area contributed by atoms with Gasteiger partial charge in [-0.1, -0.05) is 29.8 Å². The first kappa shape index (κ1) is 13.4. The summed E-state index contributed by atoms with van der Waals surface area (Å²) in [4.78, 5) is 10.7. The monoisotopic (exact) mass is 275 g/mol. The summed E-state index contributed by atoms with van der Waals surface area (Å²) >= 11 is 5.95. The van der Waals surface area contributed by atoms with E-state index in [0.717, 1.165) is 16.8 Å². The number of hydrogen-bond acceptors (Lipinski definition) is 2. The van der Waals surface area contributed by atoms with Crippen molar-refractivity contribution in [1.82, 2.24) is 0 Å². The van der Waals surface area contributed by atoms with E-state index >= 15 is 0 Å². The van der Waals surface area contributed by atoms with Crippen molar-refractivity contribution < 1.29 is 9.90 Å². The molecule has 0 fully saturated rings. The van der Waals surface area contributed by atoms with E-state index < -0.39 is 5.97 Å². The molecule has 0 saturated heterocycles. The van der Waals surface area contributed by atoms with E-state index in [0.29, 0.717) is 17.1 Å². The van der Waals surface area contributed by atoms with Crippen LogP contribution in [0.3, 0.4) is 0 Å². The van der Waals surface area contributed by atoms with Gasteiger partial charge in [-0.05, 0) is 42.3 Å². The van der Waals surface area contributed by atoms with Gasteiger partial charge >= 0.3 is 5.97 Å². The highest BCUT2D eigenvalue weighted by Gasteiger charge is 2.03. The Labute approximate surface area is 116 Å². The third-order valence-corrected chi connectivity index (χ3v) is 3.12. The van der Waals surface area contributed by atoms with Crippen LogP contribution in [0.2, 0.25) is 5.02 Å². The van der Waals surface area contributed by atoms with Crippen LogP contribution in [0.1, 0.15) is 21.5 Å². The van der Waals surface area contributed by atoms with E-state index in [4.69, 9.17) is 16.7 Å². The molecule has 0 spiro atoms. The van der Waals surface area contributed by atoms with E-state index in [1.54, 1.807) is 24.3 Å². The molecular formula is C15H14ClNO2. The normalized spacial score (nSPS) is 10.2. The maximum absolute atomic E-state index is 10.7. The fourth-order valence-electron chi connectivity index (χ4n) is 1.75. The zero-order chi connectivity index (χ0) is 13.8. The quantitative estimate of drug-likeness (QED) is 0.888. The van der Waals surface area contributed by atoms with E-state index in [9.17, 15) is 4.79 Å². The molecule has 0 aliphatic rings. The number of aromatic carboxylic acids is 1. The fraction of sp³-hybridized carbons (Fsp3) is 0.133. The predicted octanol–water partition coefficient (Wildman–Crippen LogP) is 3.96. The molecule has 3 nitrogen and oxygen atoms in total. The number of aryl methyl sites for hydroxylation is 1. The van der Waals surface area contributed by atoms with Gasteiger partial charge in [-0.3, -0.25) is 0 Å². The first-order valence-corrected chi connectivity index (χ1v) is 6.26. The standard InChI is InChI=1S/C15H14ClNO2/c1-10-2-7-13(16)8-14(10)17-9-11-3-5-12(6-4-11)15(18)19/h2-8,17H,9H2,1H3,(H,18,19). The molecule has 2 rings (SSSR count). The van der Waals surface area contributed by atoms with Crippen molar-refractivity contribution in [3.05, 3.63) is 64.2 Å². The van der Waals surface area contributed by atoms with Crippen molar-refractivity contribution in [2.45, 2.75) is 13.5 Å². The molecular weight excluding hydrogens is 262 g/mol. The lowest BCUT2D eigenvalue weighted by atomic mass is 10.1. The number of benzene rings is 2. The largest absolute Gasteiger partial charge is 0.478 e. The Bertz CT molecular complexity index is 594. The second-order valence-electron chi connectivity index (χ2n) is 4.31. The highest BCUT2D eigenvalue weighted by molar-refractivity contribution is 6.30. The van der Waals surface area contributed by atoms with E-state index in [1.807, 2.05) is 25.1 Å². The molecule has 0 bridgehead atoms. The molecule has 2 aromatic carbocycles. The zero-order valence-electron chi connectivity index (χ0n) is 10.5. The summed E-state index contributed by atoms with van der Waals surface area (Å²) in [6.07, 6.45) is 0. The van der Waals surface area contributed by atoms with Crippen molar-refractivity contribution in [2.75, 3.05) is 5.32 Å². The number of anilines is 1. The summed E-state index contributed by atoms with van der Waals surface area (Å²) in [7, 11) is 0. The summed E-state index contributed by atoms with van der Waals surface area (Å²) in [5.41, 5.74) is 3.41. The summed E-state index contributed by atoms with van der Waals surface area (Å²) in [5, 5.41) is 12.8. The minimum atomic E-state index is -0.912. The summed E-state index contributed by atoms with van der Waals surface area (Å²) in [6, 6.07) is 12.5. The molecule has 0 atom stereocenters. The van der Waals surface area contributed by atoms with Crippen molar-refractivity contribution in [2.24, 2.45) is 0 Å². The summed E-state index contributed by atoms with van der Waals surface area (Å²) < 4.78 is 0. The van der Waals surface area contributed by atoms with Crippen molar-refractivity contribution in [3.8, 4) is 0 Å². The van der Waals surface area contributed by atoms with Crippen LogP contribution in [0.5, 0.6) is 0 Å². The molecule has 2 aromatic rings. The molecule has 0 unspecified atom stereocenters. The molecule has 98 valence electrons. The number of halogens is 1. The average Bonchev–Trinajstić information content (AvgIpc) is 2.40. The molecule has 0 radical (unpaired) electrons. The zero-order valence-corrected chi connectivity index (χ0v) is 11.2. The van der Waals surface area contributed by atoms with E-state index in [1.165, 1.54) is 0 Å². The molecule has 0 heterocycles. The molecule has 2 N–H and O–H groups in total. The van der Waals surface area contributed by atoms with Gasteiger partial charge in [0.2, 0.25) is 0 Å². The molecule has 0 saturated carbocycles. The van der Waals surface area contributed by atoms with Crippen LogP contribution >= 0.6 is 11.6 Å². The van der Waals surface area contributed by atoms with Gasteiger partial charge < -0.3 is 10.4 Å². The maximum Gasteiger partial charge on any atom is 0.335 e. The molecule has 19 heavy (non-hydrogen) atoms. The first-order chi connectivity index (χ1) is 9.06. The molecule has 4 heteroatoms. The summed E-state index contributed by atoms with van der Waals surface area (Å²) in [5.74, 6) is -0.912. The topological polar surface area (TPSA) is 49.3 Å². The summed E-state index contributed by atoms with van der Waals surface area (Å²) in [6.45, 7) is 2.63. The van der Waals surface area contributed by atoms with Gasteiger partial charge in [0, 0.05) is 17.3 Å². The Hall–Kier alpha value is -2.00. The van der Waals surface area contributed by atoms with Gasteiger partial charge in [0.15, 0.2) is 0 Å². The van der Waals surface area contributed by atoms with Gasteiger partial charge in [-0.2, -0.15) is 0 Å². The third kappa shape index (κ3) is 3.48. The lowest BCUT2D eigenvalue weighted by Crippen LogP contribution is -2.02. The van der Waals surface area contributed by atoms with Crippen LogP contribution in [0.25, 0.3) is 0 Å². The second-order valence-corrected chi connectivity index (χ2v) is 4.75. The Balaban J connectivity index is 2.06. The van der Waals surface area contributed by atoms with Crippen LogP contribution in [0, 0.1) is 6.92 Å². The Morgan fingerprint density at radius 3 is 2.53 bits per heavy atom.